The van der Waals surface area contributed by atoms with Gasteiger partial charge in [0.25, 0.3) is 5.91 Å². The molecule has 0 saturated heterocycles. The number of nitrogens with zero attached hydrogens (tertiary/aromatic N) is 1. The lowest BCUT2D eigenvalue weighted by molar-refractivity contribution is 0.0911. The number of hydrogen-bond donors (Lipinski definition) is 2. The lowest BCUT2D eigenvalue weighted by Gasteiger charge is -2.23. The molecule has 0 aliphatic rings. The highest BCUT2D eigenvalue weighted by molar-refractivity contribution is 7.09. The number of carbonyl (C=O) groups is 1. The second-order valence-electron chi connectivity index (χ2n) is 4.77. The number of hydrogen-bond acceptors (Lipinski definition) is 4. The third-order valence-electron chi connectivity index (χ3n) is 2.73. The molecule has 1 amide bonds. The molecule has 0 radical (unpaired) electrons. The summed E-state index contributed by atoms with van der Waals surface area (Å²) in [6.45, 7) is 3.52. The molecule has 106 valence electrons. The van der Waals surface area contributed by atoms with Gasteiger partial charge in [-0.05, 0) is 26.0 Å². The van der Waals surface area contributed by atoms with Crippen molar-refractivity contribution in [2.45, 2.75) is 19.4 Å². The summed E-state index contributed by atoms with van der Waals surface area (Å²) < 4.78 is 26.7. The Morgan fingerprint density at radius 1 is 1.35 bits per heavy atom. The molecular formula is C13H13F2N3OS. The van der Waals surface area contributed by atoms with Gasteiger partial charge >= 0.3 is 0 Å². The Morgan fingerprint density at radius 3 is 2.45 bits per heavy atom. The molecule has 4 nitrogen and oxygen atoms in total. The summed E-state index contributed by atoms with van der Waals surface area (Å²) in [4.78, 5) is 16.2. The zero-order valence-electron chi connectivity index (χ0n) is 10.9. The van der Waals surface area contributed by atoms with Crippen LogP contribution in [0.15, 0.2) is 23.7 Å². The molecule has 0 saturated carbocycles. The third-order valence-corrected chi connectivity index (χ3v) is 3.83. The number of nitrogens with one attached hydrogen (secondary N) is 1. The zero-order chi connectivity index (χ0) is 14.9. The Balaban J connectivity index is 2.25. The Labute approximate surface area is 118 Å². The van der Waals surface area contributed by atoms with E-state index in [-0.39, 0.29) is 5.56 Å². The number of carbonyl (C=O) groups excluding carboxylic acids is 1. The molecule has 0 aliphatic heterocycles. The fraction of sp³-hybridized carbons (Fsp3) is 0.231. The molecule has 2 aromatic rings. The van der Waals surface area contributed by atoms with E-state index in [4.69, 9.17) is 5.73 Å². The van der Waals surface area contributed by atoms with Crippen molar-refractivity contribution < 1.29 is 13.6 Å². The van der Waals surface area contributed by atoms with E-state index in [2.05, 4.69) is 10.3 Å². The monoisotopic (exact) mass is 297 g/mol. The van der Waals surface area contributed by atoms with E-state index < -0.39 is 28.8 Å². The summed E-state index contributed by atoms with van der Waals surface area (Å²) in [7, 11) is 0. The SMILES string of the molecule is CC(C)(NC(=O)c1cc(F)c(N)c(F)c1)c1nccs1. The molecule has 1 aromatic carbocycles. The second-order valence-corrected chi connectivity index (χ2v) is 5.66. The molecule has 0 spiro atoms. The maximum absolute atomic E-state index is 13.4. The average molecular weight is 297 g/mol. The van der Waals surface area contributed by atoms with Gasteiger partial charge < -0.3 is 11.1 Å². The summed E-state index contributed by atoms with van der Waals surface area (Å²) in [5.74, 6) is -2.51. The molecule has 20 heavy (non-hydrogen) atoms. The molecule has 0 bridgehead atoms. The van der Waals surface area contributed by atoms with Crippen LogP contribution in [-0.4, -0.2) is 10.9 Å². The first kappa shape index (κ1) is 14.4. The van der Waals surface area contributed by atoms with Crippen molar-refractivity contribution in [1.82, 2.24) is 10.3 Å². The normalized spacial score (nSPS) is 11.4. The van der Waals surface area contributed by atoms with Crippen molar-refractivity contribution in [3.8, 4) is 0 Å². The van der Waals surface area contributed by atoms with Crippen LogP contribution in [-0.2, 0) is 5.54 Å². The standard InChI is InChI=1S/C13H13F2N3OS/c1-13(2,12-17-3-4-20-12)18-11(19)7-5-8(14)10(16)9(15)6-7/h3-6H,16H2,1-2H3,(H,18,19). The van der Waals surface area contributed by atoms with Gasteiger partial charge in [-0.15, -0.1) is 11.3 Å². The molecule has 2 rings (SSSR count). The molecule has 0 fully saturated rings. The van der Waals surface area contributed by atoms with Crippen LogP contribution in [0.1, 0.15) is 29.2 Å². The van der Waals surface area contributed by atoms with Gasteiger partial charge in [0.1, 0.15) is 22.3 Å². The number of nitrogen functional groups attached to an aromatic ring is 1. The van der Waals surface area contributed by atoms with Crippen molar-refractivity contribution in [2.75, 3.05) is 5.73 Å². The van der Waals surface area contributed by atoms with Crippen LogP contribution < -0.4 is 11.1 Å². The lowest BCUT2D eigenvalue weighted by Crippen LogP contribution is -2.41. The van der Waals surface area contributed by atoms with Crippen LogP contribution in [0.4, 0.5) is 14.5 Å². The fourth-order valence-electron chi connectivity index (χ4n) is 1.66. The first-order chi connectivity index (χ1) is 9.31. The largest absolute Gasteiger partial charge is 0.394 e. The minimum Gasteiger partial charge on any atom is -0.394 e. The van der Waals surface area contributed by atoms with Crippen LogP contribution in [0.25, 0.3) is 0 Å². The smallest absolute Gasteiger partial charge is 0.252 e. The van der Waals surface area contributed by atoms with Crippen molar-refractivity contribution in [3.05, 3.63) is 45.9 Å². The van der Waals surface area contributed by atoms with Crippen molar-refractivity contribution in [1.29, 1.82) is 0 Å². The van der Waals surface area contributed by atoms with Crippen molar-refractivity contribution in [2.24, 2.45) is 0 Å². The Bertz CT molecular complexity index is 618. The van der Waals surface area contributed by atoms with Crippen molar-refractivity contribution >= 4 is 22.9 Å². The third kappa shape index (κ3) is 2.77. The highest BCUT2D eigenvalue weighted by Crippen LogP contribution is 2.23. The Hall–Kier alpha value is -2.02. The first-order valence-electron chi connectivity index (χ1n) is 5.78. The van der Waals surface area contributed by atoms with Gasteiger partial charge in [-0.1, -0.05) is 0 Å². The quantitative estimate of drug-likeness (QED) is 0.856. The van der Waals surface area contributed by atoms with E-state index >= 15 is 0 Å². The predicted octanol–water partition coefficient (Wildman–Crippen LogP) is 2.67. The average Bonchev–Trinajstić information content (AvgIpc) is 2.89. The fourth-order valence-corrected chi connectivity index (χ4v) is 2.37. The van der Waals surface area contributed by atoms with Crippen LogP contribution in [0, 0.1) is 11.6 Å². The van der Waals surface area contributed by atoms with Crippen LogP contribution >= 0.6 is 11.3 Å². The van der Waals surface area contributed by atoms with Crippen LogP contribution in [0.2, 0.25) is 0 Å². The van der Waals surface area contributed by atoms with E-state index in [0.717, 1.165) is 12.1 Å². The number of anilines is 1. The van der Waals surface area contributed by atoms with Crippen LogP contribution in [0.5, 0.6) is 0 Å². The van der Waals surface area contributed by atoms with Gasteiger partial charge in [-0.3, -0.25) is 4.79 Å². The summed E-state index contributed by atoms with van der Waals surface area (Å²) in [5, 5.41) is 5.16. The van der Waals surface area contributed by atoms with E-state index in [0.29, 0.717) is 5.01 Å². The number of amides is 1. The molecule has 0 aliphatic carbocycles. The molecule has 7 heteroatoms. The minimum absolute atomic E-state index is 0.126. The van der Waals surface area contributed by atoms with Gasteiger partial charge in [0.15, 0.2) is 0 Å². The van der Waals surface area contributed by atoms with Gasteiger partial charge in [0.2, 0.25) is 0 Å². The highest BCUT2D eigenvalue weighted by atomic mass is 32.1. The second kappa shape index (κ2) is 5.16. The van der Waals surface area contributed by atoms with E-state index in [1.807, 2.05) is 0 Å². The van der Waals surface area contributed by atoms with E-state index in [1.54, 1.807) is 25.4 Å². The van der Waals surface area contributed by atoms with Crippen molar-refractivity contribution in [3.63, 3.8) is 0 Å². The number of nitrogens with two attached hydrogens (primary N) is 1. The molecular weight excluding hydrogens is 284 g/mol. The number of benzene rings is 1. The van der Waals surface area contributed by atoms with Crippen LogP contribution in [0.3, 0.4) is 0 Å². The Kier molecular flexibility index (Phi) is 3.71. The number of aromatic nitrogens is 1. The summed E-state index contributed by atoms with van der Waals surface area (Å²) >= 11 is 1.38. The Morgan fingerprint density at radius 2 is 1.95 bits per heavy atom. The topological polar surface area (TPSA) is 68.0 Å². The first-order valence-corrected chi connectivity index (χ1v) is 6.66. The molecule has 0 unspecified atom stereocenters. The minimum atomic E-state index is -0.956. The highest BCUT2D eigenvalue weighted by Gasteiger charge is 2.26. The molecule has 1 heterocycles. The summed E-state index contributed by atoms with van der Waals surface area (Å²) in [5.41, 5.74) is 3.71. The van der Waals surface area contributed by atoms with Gasteiger partial charge in [0.05, 0.1) is 5.54 Å². The molecule has 3 N–H and O–H groups in total. The maximum atomic E-state index is 13.4. The number of rotatable bonds is 3. The summed E-state index contributed by atoms with van der Waals surface area (Å²) in [6, 6.07) is 1.82. The predicted molar refractivity (Wildman–Crippen MR) is 73.4 cm³/mol. The lowest BCUT2D eigenvalue weighted by atomic mass is 10.1. The van der Waals surface area contributed by atoms with Gasteiger partial charge in [-0.25, -0.2) is 13.8 Å². The number of thiazole rings is 1. The summed E-state index contributed by atoms with van der Waals surface area (Å²) in [6.07, 6.45) is 1.62. The van der Waals surface area contributed by atoms with E-state index in [9.17, 15) is 13.6 Å². The molecule has 1 aromatic heterocycles. The number of halogens is 2. The van der Waals surface area contributed by atoms with Gasteiger partial charge in [-0.2, -0.15) is 0 Å². The zero-order valence-corrected chi connectivity index (χ0v) is 11.7. The maximum Gasteiger partial charge on any atom is 0.252 e. The molecule has 0 atom stereocenters. The van der Waals surface area contributed by atoms with Gasteiger partial charge in [0, 0.05) is 17.1 Å². The van der Waals surface area contributed by atoms with E-state index in [1.165, 1.54) is 11.3 Å².